The monoisotopic (exact) mass is 368 g/mol. The van der Waals surface area contributed by atoms with Crippen molar-refractivity contribution >= 4 is 0 Å². The third-order valence-electron chi connectivity index (χ3n) is 5.42. The Labute approximate surface area is 161 Å². The van der Waals surface area contributed by atoms with Crippen molar-refractivity contribution in [1.82, 2.24) is 0 Å². The third kappa shape index (κ3) is 4.28. The lowest BCUT2D eigenvalue weighted by Gasteiger charge is -2.30. The minimum absolute atomic E-state index is 0.107. The van der Waals surface area contributed by atoms with Gasteiger partial charge >= 0.3 is 0 Å². The van der Waals surface area contributed by atoms with E-state index in [2.05, 4.69) is 64.1 Å². The lowest BCUT2D eigenvalue weighted by Crippen LogP contribution is -2.21. The van der Waals surface area contributed by atoms with Crippen molar-refractivity contribution in [3.8, 4) is 11.5 Å². The molecule has 0 aliphatic carbocycles. The Morgan fingerprint density at radius 1 is 0.815 bits per heavy atom. The van der Waals surface area contributed by atoms with Gasteiger partial charge in [-0.3, -0.25) is 0 Å². The maximum absolute atomic E-state index is 5.82. The molecule has 2 heterocycles. The van der Waals surface area contributed by atoms with E-state index >= 15 is 0 Å². The van der Waals surface area contributed by atoms with Crippen LogP contribution in [0, 0.1) is 13.8 Å². The topological polar surface area (TPSA) is 43.5 Å². The van der Waals surface area contributed by atoms with E-state index in [0.29, 0.717) is 13.2 Å². The van der Waals surface area contributed by atoms with Crippen molar-refractivity contribution in [2.24, 2.45) is 0 Å². The maximum Gasteiger partial charge on any atom is 0.119 e. The van der Waals surface area contributed by atoms with Gasteiger partial charge in [0, 0.05) is 5.41 Å². The molecule has 2 atom stereocenters. The first kappa shape index (κ1) is 18.3. The summed E-state index contributed by atoms with van der Waals surface area (Å²) in [6.07, 6.45) is 0.549. The summed E-state index contributed by atoms with van der Waals surface area (Å²) in [5.41, 5.74) is 4.98. The van der Waals surface area contributed by atoms with E-state index in [4.69, 9.17) is 18.9 Å². The molecule has 0 bridgehead atoms. The van der Waals surface area contributed by atoms with Gasteiger partial charge in [0.15, 0.2) is 0 Å². The Balaban J connectivity index is 1.52. The highest BCUT2D eigenvalue weighted by Crippen LogP contribution is 2.37. The minimum Gasteiger partial charge on any atom is -0.491 e. The molecule has 0 saturated carbocycles. The lowest BCUT2D eigenvalue weighted by atomic mass is 9.74. The van der Waals surface area contributed by atoms with Crippen LogP contribution in [0.5, 0.6) is 11.5 Å². The zero-order valence-corrected chi connectivity index (χ0v) is 16.6. The molecule has 2 aliphatic rings. The largest absolute Gasteiger partial charge is 0.491 e. The fourth-order valence-electron chi connectivity index (χ4n) is 3.71. The molecule has 2 aromatic rings. The number of ether oxygens (including phenoxy) is 4. The van der Waals surface area contributed by atoms with E-state index in [1.165, 1.54) is 22.3 Å². The highest BCUT2D eigenvalue weighted by Gasteiger charge is 2.28. The third-order valence-corrected chi connectivity index (χ3v) is 5.42. The predicted octanol–water partition coefficient (Wildman–Crippen LogP) is 4.18. The van der Waals surface area contributed by atoms with Crippen LogP contribution in [0.15, 0.2) is 36.4 Å². The molecule has 27 heavy (non-hydrogen) atoms. The molecule has 2 unspecified atom stereocenters. The molecule has 144 valence electrons. The van der Waals surface area contributed by atoms with E-state index in [9.17, 15) is 0 Å². The quantitative estimate of drug-likeness (QED) is 0.656. The van der Waals surface area contributed by atoms with Crippen molar-refractivity contribution in [2.75, 3.05) is 26.4 Å². The SMILES string of the molecule is Cc1cc(OCC2CO2)ccc1C(C)(C)c1ccc(OCC2CO2)cc1C. The molecule has 2 aromatic carbocycles. The molecule has 0 aromatic heterocycles. The van der Waals surface area contributed by atoms with E-state index in [0.717, 1.165) is 24.7 Å². The van der Waals surface area contributed by atoms with Crippen molar-refractivity contribution in [2.45, 2.75) is 45.3 Å². The van der Waals surface area contributed by atoms with Crippen LogP contribution in [0.4, 0.5) is 0 Å². The number of aryl methyl sites for hydroxylation is 2. The van der Waals surface area contributed by atoms with Crippen LogP contribution in [0.2, 0.25) is 0 Å². The minimum atomic E-state index is -0.107. The van der Waals surface area contributed by atoms with Crippen LogP contribution >= 0.6 is 0 Å². The zero-order chi connectivity index (χ0) is 19.0. The van der Waals surface area contributed by atoms with Gasteiger partial charge in [-0.1, -0.05) is 26.0 Å². The maximum atomic E-state index is 5.82. The molecule has 0 spiro atoms. The van der Waals surface area contributed by atoms with Crippen LogP contribution in [0.1, 0.15) is 36.1 Å². The van der Waals surface area contributed by atoms with Crippen molar-refractivity contribution in [1.29, 1.82) is 0 Å². The van der Waals surface area contributed by atoms with Gasteiger partial charge in [-0.25, -0.2) is 0 Å². The van der Waals surface area contributed by atoms with E-state index in [1.54, 1.807) is 0 Å². The van der Waals surface area contributed by atoms with Gasteiger partial charge in [-0.15, -0.1) is 0 Å². The first-order valence-corrected chi connectivity index (χ1v) is 9.64. The predicted molar refractivity (Wildman–Crippen MR) is 105 cm³/mol. The fraction of sp³-hybridized carbons (Fsp3) is 0.478. The average molecular weight is 368 g/mol. The first-order valence-electron chi connectivity index (χ1n) is 9.64. The van der Waals surface area contributed by atoms with Gasteiger partial charge in [0.2, 0.25) is 0 Å². The van der Waals surface area contributed by atoms with E-state index < -0.39 is 0 Å². The highest BCUT2D eigenvalue weighted by molar-refractivity contribution is 5.49. The summed E-state index contributed by atoms with van der Waals surface area (Å²) in [7, 11) is 0. The molecule has 0 N–H and O–H groups in total. The number of rotatable bonds is 8. The van der Waals surface area contributed by atoms with Crippen LogP contribution < -0.4 is 9.47 Å². The normalized spacial score (nSPS) is 21.0. The standard InChI is InChI=1S/C23H28O4/c1-15-9-17(24-11-19-13-26-19)5-7-21(15)23(3,4)22-8-6-18(10-16(22)2)25-12-20-14-27-20/h5-10,19-20H,11-14H2,1-4H3. The van der Waals surface area contributed by atoms with Crippen molar-refractivity contribution < 1.29 is 18.9 Å². The van der Waals surface area contributed by atoms with Crippen LogP contribution in [0.25, 0.3) is 0 Å². The molecule has 4 rings (SSSR count). The van der Waals surface area contributed by atoms with Crippen molar-refractivity contribution in [3.05, 3.63) is 58.7 Å². The van der Waals surface area contributed by atoms with Gasteiger partial charge < -0.3 is 18.9 Å². The Hall–Kier alpha value is -2.04. The van der Waals surface area contributed by atoms with Crippen LogP contribution in [-0.4, -0.2) is 38.6 Å². The summed E-state index contributed by atoms with van der Waals surface area (Å²) in [6, 6.07) is 12.8. The summed E-state index contributed by atoms with van der Waals surface area (Å²) in [5, 5.41) is 0. The second-order valence-electron chi connectivity index (χ2n) is 8.11. The number of benzene rings is 2. The molecule has 4 nitrogen and oxygen atoms in total. The fourth-order valence-corrected chi connectivity index (χ4v) is 3.71. The summed E-state index contributed by atoms with van der Waals surface area (Å²) >= 11 is 0. The molecule has 2 aliphatic heterocycles. The Morgan fingerprint density at radius 3 is 1.56 bits per heavy atom. The van der Waals surface area contributed by atoms with Crippen molar-refractivity contribution in [3.63, 3.8) is 0 Å². The Bertz CT molecular complexity index is 752. The summed E-state index contributed by atoms with van der Waals surface area (Å²) in [6.45, 7) is 11.8. The molecular formula is C23H28O4. The molecule has 2 fully saturated rings. The van der Waals surface area contributed by atoms with Gasteiger partial charge in [0.1, 0.15) is 36.9 Å². The second-order valence-corrected chi connectivity index (χ2v) is 8.11. The average Bonchev–Trinajstić information content (AvgIpc) is 3.53. The molecule has 0 radical (unpaired) electrons. The number of hydrogen-bond donors (Lipinski definition) is 0. The van der Waals surface area contributed by atoms with Gasteiger partial charge in [-0.05, 0) is 60.4 Å². The second kappa shape index (κ2) is 7.17. The molecule has 0 amide bonds. The highest BCUT2D eigenvalue weighted by atomic mass is 16.6. The van der Waals surface area contributed by atoms with E-state index in [1.807, 2.05) is 0 Å². The lowest BCUT2D eigenvalue weighted by molar-refractivity contribution is 0.262. The van der Waals surface area contributed by atoms with Gasteiger partial charge in [0.25, 0.3) is 0 Å². The first-order chi connectivity index (χ1) is 12.9. The Kier molecular flexibility index (Phi) is 4.87. The summed E-state index contributed by atoms with van der Waals surface area (Å²) < 4.78 is 22.1. The van der Waals surface area contributed by atoms with Gasteiger partial charge in [0.05, 0.1) is 13.2 Å². The number of hydrogen-bond acceptors (Lipinski definition) is 4. The van der Waals surface area contributed by atoms with Crippen LogP contribution in [-0.2, 0) is 14.9 Å². The molecule has 2 saturated heterocycles. The van der Waals surface area contributed by atoms with Gasteiger partial charge in [-0.2, -0.15) is 0 Å². The summed E-state index contributed by atoms with van der Waals surface area (Å²) in [5.74, 6) is 1.82. The zero-order valence-electron chi connectivity index (χ0n) is 16.6. The summed E-state index contributed by atoms with van der Waals surface area (Å²) in [4.78, 5) is 0. The van der Waals surface area contributed by atoms with E-state index in [-0.39, 0.29) is 17.6 Å². The molecular weight excluding hydrogens is 340 g/mol. The Morgan fingerprint density at radius 2 is 1.22 bits per heavy atom. The van der Waals surface area contributed by atoms with Crippen LogP contribution in [0.3, 0.4) is 0 Å². The smallest absolute Gasteiger partial charge is 0.119 e. The molecule has 4 heteroatoms. The number of epoxide rings is 2.